The van der Waals surface area contributed by atoms with E-state index >= 15 is 0 Å². The Balaban J connectivity index is 1.84. The first-order chi connectivity index (χ1) is 12.9. The lowest BCUT2D eigenvalue weighted by molar-refractivity contribution is -0.126. The van der Waals surface area contributed by atoms with Crippen LogP contribution in [0.4, 0.5) is 0 Å². The van der Waals surface area contributed by atoms with Gasteiger partial charge in [-0.2, -0.15) is 4.31 Å². The molecule has 1 aliphatic heterocycles. The summed E-state index contributed by atoms with van der Waals surface area (Å²) in [5.74, 6) is -0.103. The number of hydrogen-bond donors (Lipinski definition) is 1. The third-order valence-corrected chi connectivity index (χ3v) is 7.39. The van der Waals surface area contributed by atoms with Crippen LogP contribution >= 0.6 is 11.6 Å². The van der Waals surface area contributed by atoms with E-state index in [-0.39, 0.29) is 27.9 Å². The average Bonchev–Trinajstić information content (AvgIpc) is 2.65. The summed E-state index contributed by atoms with van der Waals surface area (Å²) >= 11 is 5.94. The summed E-state index contributed by atoms with van der Waals surface area (Å²) in [4.78, 5) is 16.3. The molecule has 1 N–H and O–H groups in total. The maximum absolute atomic E-state index is 12.7. The highest BCUT2D eigenvalue weighted by molar-refractivity contribution is 7.89. The van der Waals surface area contributed by atoms with E-state index in [4.69, 9.17) is 11.6 Å². The van der Waals surface area contributed by atoms with Crippen LogP contribution in [0, 0.1) is 5.92 Å². The maximum atomic E-state index is 12.7. The number of aromatic nitrogens is 1. The van der Waals surface area contributed by atoms with Gasteiger partial charge in [-0.3, -0.25) is 4.79 Å². The van der Waals surface area contributed by atoms with Crippen LogP contribution in [0.15, 0.2) is 23.2 Å². The molecule has 1 aliphatic rings. The van der Waals surface area contributed by atoms with Crippen LogP contribution in [0.2, 0.25) is 5.15 Å². The van der Waals surface area contributed by atoms with Crippen LogP contribution < -0.4 is 5.32 Å². The Kier molecular flexibility index (Phi) is 8.51. The molecule has 1 aromatic heterocycles. The third kappa shape index (κ3) is 6.16. The topological polar surface area (TPSA) is 79.4 Å². The summed E-state index contributed by atoms with van der Waals surface area (Å²) in [6.07, 6.45) is 8.24. The molecular weight excluding hydrogens is 386 g/mol. The summed E-state index contributed by atoms with van der Waals surface area (Å²) in [6.45, 7) is 4.85. The Labute approximate surface area is 167 Å². The summed E-state index contributed by atoms with van der Waals surface area (Å²) in [5, 5.41) is 3.06. The average molecular weight is 416 g/mol. The van der Waals surface area contributed by atoms with E-state index in [0.717, 1.165) is 12.8 Å². The zero-order chi connectivity index (χ0) is 19.9. The first-order valence-corrected chi connectivity index (χ1v) is 11.6. The zero-order valence-electron chi connectivity index (χ0n) is 16.2. The first kappa shape index (κ1) is 22.1. The van der Waals surface area contributed by atoms with Crippen LogP contribution in [0.5, 0.6) is 0 Å². The van der Waals surface area contributed by atoms with Crippen molar-refractivity contribution in [2.45, 2.75) is 69.7 Å². The first-order valence-electron chi connectivity index (χ1n) is 9.77. The highest BCUT2D eigenvalue weighted by atomic mass is 35.5. The van der Waals surface area contributed by atoms with Crippen LogP contribution in [-0.2, 0) is 14.8 Å². The zero-order valence-corrected chi connectivity index (χ0v) is 17.7. The quantitative estimate of drug-likeness (QED) is 0.493. The largest absolute Gasteiger partial charge is 0.353 e. The van der Waals surface area contributed by atoms with Gasteiger partial charge < -0.3 is 5.32 Å². The summed E-state index contributed by atoms with van der Waals surface area (Å²) < 4.78 is 26.9. The van der Waals surface area contributed by atoms with Gasteiger partial charge >= 0.3 is 0 Å². The Morgan fingerprint density at radius 1 is 1.33 bits per heavy atom. The van der Waals surface area contributed by atoms with Crippen molar-refractivity contribution in [2.24, 2.45) is 5.92 Å². The number of unbranched alkanes of at least 4 members (excludes halogenated alkanes) is 3. The van der Waals surface area contributed by atoms with Crippen LogP contribution in [0.3, 0.4) is 0 Å². The van der Waals surface area contributed by atoms with Crippen molar-refractivity contribution in [2.75, 3.05) is 13.1 Å². The molecule has 1 aromatic rings. The molecule has 27 heavy (non-hydrogen) atoms. The van der Waals surface area contributed by atoms with Crippen LogP contribution in [0.25, 0.3) is 0 Å². The lowest BCUT2D eigenvalue weighted by Crippen LogP contribution is -2.44. The number of hydrogen-bond acceptors (Lipinski definition) is 4. The Morgan fingerprint density at radius 2 is 2.04 bits per heavy atom. The number of nitrogens with zero attached hydrogens (tertiary/aromatic N) is 2. The van der Waals surface area contributed by atoms with Gasteiger partial charge in [0, 0.05) is 31.2 Å². The van der Waals surface area contributed by atoms with Gasteiger partial charge in [-0.1, -0.05) is 44.2 Å². The molecule has 0 radical (unpaired) electrons. The lowest BCUT2D eigenvalue weighted by Gasteiger charge is -2.31. The molecule has 2 heterocycles. The molecule has 1 unspecified atom stereocenters. The molecule has 0 aliphatic carbocycles. The number of amides is 1. The second-order valence-electron chi connectivity index (χ2n) is 7.23. The second kappa shape index (κ2) is 10.4. The highest BCUT2D eigenvalue weighted by Gasteiger charge is 2.33. The van der Waals surface area contributed by atoms with Gasteiger partial charge in [0.1, 0.15) is 10.0 Å². The predicted molar refractivity (Wildman–Crippen MR) is 107 cm³/mol. The summed E-state index contributed by atoms with van der Waals surface area (Å²) in [7, 11) is -3.68. The molecule has 1 amide bonds. The molecule has 1 saturated heterocycles. The fourth-order valence-corrected chi connectivity index (χ4v) is 5.27. The highest BCUT2D eigenvalue weighted by Crippen LogP contribution is 2.27. The number of nitrogens with one attached hydrogen (secondary N) is 1. The SMILES string of the molecule is CCCCCCC(C)NC(=O)C1CCN(S(=O)(=O)c2cccnc2Cl)CC1. The predicted octanol–water partition coefficient (Wildman–Crippen LogP) is 3.61. The van der Waals surface area contributed by atoms with Gasteiger partial charge in [0.15, 0.2) is 0 Å². The van der Waals surface area contributed by atoms with E-state index in [1.807, 2.05) is 6.92 Å². The minimum Gasteiger partial charge on any atom is -0.353 e. The second-order valence-corrected chi connectivity index (χ2v) is 9.49. The van der Waals surface area contributed by atoms with E-state index in [1.54, 1.807) is 6.07 Å². The van der Waals surface area contributed by atoms with Crippen LogP contribution in [0.1, 0.15) is 58.8 Å². The van der Waals surface area contributed by atoms with E-state index < -0.39 is 10.0 Å². The lowest BCUT2D eigenvalue weighted by atomic mass is 9.96. The van der Waals surface area contributed by atoms with Gasteiger partial charge in [-0.15, -0.1) is 0 Å². The van der Waals surface area contributed by atoms with Gasteiger partial charge in [-0.05, 0) is 38.3 Å². The summed E-state index contributed by atoms with van der Waals surface area (Å²) in [5.41, 5.74) is 0. The van der Waals surface area contributed by atoms with Gasteiger partial charge in [-0.25, -0.2) is 13.4 Å². The van der Waals surface area contributed by atoms with Crippen molar-refractivity contribution in [1.82, 2.24) is 14.6 Å². The van der Waals surface area contributed by atoms with E-state index in [0.29, 0.717) is 25.9 Å². The maximum Gasteiger partial charge on any atom is 0.246 e. The van der Waals surface area contributed by atoms with E-state index in [9.17, 15) is 13.2 Å². The molecular formula is C19H30ClN3O3S. The van der Waals surface area contributed by atoms with Crippen molar-refractivity contribution in [1.29, 1.82) is 0 Å². The molecule has 152 valence electrons. The molecule has 8 heteroatoms. The third-order valence-electron chi connectivity index (χ3n) is 5.05. The van der Waals surface area contributed by atoms with E-state index in [2.05, 4.69) is 17.2 Å². The molecule has 6 nitrogen and oxygen atoms in total. The van der Waals surface area contributed by atoms with Gasteiger partial charge in [0.05, 0.1) is 0 Å². The summed E-state index contributed by atoms with van der Waals surface area (Å²) in [6, 6.07) is 3.18. The molecule has 0 saturated carbocycles. The van der Waals surface area contributed by atoms with Crippen molar-refractivity contribution < 1.29 is 13.2 Å². The molecule has 2 rings (SSSR count). The molecule has 1 fully saturated rings. The number of carbonyl (C=O) groups excluding carboxylic acids is 1. The number of carbonyl (C=O) groups is 1. The van der Waals surface area contributed by atoms with Crippen LogP contribution in [-0.4, -0.2) is 42.7 Å². The Bertz CT molecular complexity index is 719. The van der Waals surface area contributed by atoms with Gasteiger partial charge in [0.25, 0.3) is 0 Å². The normalized spacial score (nSPS) is 17.6. The van der Waals surface area contributed by atoms with Crippen molar-refractivity contribution in [3.8, 4) is 0 Å². The monoisotopic (exact) mass is 415 g/mol. The number of pyridine rings is 1. The molecule has 0 spiro atoms. The fourth-order valence-electron chi connectivity index (χ4n) is 3.37. The van der Waals surface area contributed by atoms with Crippen molar-refractivity contribution in [3.63, 3.8) is 0 Å². The van der Waals surface area contributed by atoms with E-state index in [1.165, 1.54) is 35.8 Å². The molecule has 1 atom stereocenters. The smallest absolute Gasteiger partial charge is 0.246 e. The number of halogens is 1. The minimum absolute atomic E-state index is 0.0192. The fraction of sp³-hybridized carbons (Fsp3) is 0.684. The number of rotatable bonds is 9. The van der Waals surface area contributed by atoms with Crippen molar-refractivity contribution in [3.05, 3.63) is 23.5 Å². The van der Waals surface area contributed by atoms with Gasteiger partial charge in [0.2, 0.25) is 15.9 Å². The molecule has 0 bridgehead atoms. The van der Waals surface area contributed by atoms with Crippen molar-refractivity contribution >= 4 is 27.5 Å². The standard InChI is InChI=1S/C19H30ClN3O3S/c1-3-4-5-6-8-15(2)22-19(24)16-10-13-23(14-11-16)27(25,26)17-9-7-12-21-18(17)20/h7,9,12,15-16H,3-6,8,10-11,13-14H2,1-2H3,(H,22,24). The Morgan fingerprint density at radius 3 is 2.67 bits per heavy atom. The minimum atomic E-state index is -3.68. The number of sulfonamides is 1. The molecule has 0 aromatic carbocycles. The number of piperidine rings is 1. The Hall–Kier alpha value is -1.18.